The molecule has 2 amide bonds. The Balaban J connectivity index is 1.36. The largest absolute Gasteiger partial charge is 0.390 e. The number of amides is 2. The molecule has 0 saturated carbocycles. The first-order chi connectivity index (χ1) is 16.9. The minimum absolute atomic E-state index is 0.0158. The number of aromatic nitrogens is 2. The van der Waals surface area contributed by atoms with E-state index in [1.807, 2.05) is 13.0 Å². The first-order valence-corrected chi connectivity index (χ1v) is 12.2. The van der Waals surface area contributed by atoms with E-state index in [4.69, 9.17) is 31.4 Å². The number of β-amino-alcohol motifs (C(OH)–C–C–N with tert-alkyl or cyclic N) is 1. The van der Waals surface area contributed by atoms with E-state index in [9.17, 15) is 14.7 Å². The third-order valence-electron chi connectivity index (χ3n) is 7.02. The lowest BCUT2D eigenvalue weighted by Gasteiger charge is -2.52. The Hall–Kier alpha value is -2.45. The second-order valence-electron chi connectivity index (χ2n) is 10.1. The van der Waals surface area contributed by atoms with Crippen molar-refractivity contribution in [2.24, 2.45) is 0 Å². The quantitative estimate of drug-likeness (QED) is 0.567. The number of urea groups is 1. The Morgan fingerprint density at radius 1 is 1.22 bits per heavy atom. The van der Waals surface area contributed by atoms with Gasteiger partial charge >= 0.3 is 6.03 Å². The molecule has 8 nitrogen and oxygen atoms in total. The lowest BCUT2D eigenvalue weighted by Crippen LogP contribution is -2.61. The van der Waals surface area contributed by atoms with Gasteiger partial charge < -0.3 is 20.2 Å². The zero-order valence-electron chi connectivity index (χ0n) is 20.9. The lowest BCUT2D eigenvalue weighted by atomic mass is 9.43. The summed E-state index contributed by atoms with van der Waals surface area (Å²) in [7, 11) is 25.5. The van der Waals surface area contributed by atoms with Crippen LogP contribution in [0, 0.1) is 13.8 Å². The van der Waals surface area contributed by atoms with Crippen molar-refractivity contribution in [2.45, 2.75) is 49.4 Å². The Morgan fingerprint density at radius 3 is 2.64 bits per heavy atom. The van der Waals surface area contributed by atoms with Crippen LogP contribution in [-0.4, -0.2) is 101 Å². The normalized spacial score (nSPS) is 22.0. The number of carbonyl (C=O) groups is 1. The molecular formula is C24H29B4N5O3. The van der Waals surface area contributed by atoms with Crippen LogP contribution in [0.15, 0.2) is 35.1 Å². The van der Waals surface area contributed by atoms with Gasteiger partial charge in [0.05, 0.1) is 49.2 Å². The van der Waals surface area contributed by atoms with Crippen LogP contribution in [0.5, 0.6) is 0 Å². The number of rotatable bonds is 5. The molecule has 2 unspecified atom stereocenters. The van der Waals surface area contributed by atoms with Crippen molar-refractivity contribution >= 4 is 37.4 Å². The predicted molar refractivity (Wildman–Crippen MR) is 142 cm³/mol. The number of piperidine rings is 1. The summed E-state index contributed by atoms with van der Waals surface area (Å²) >= 11 is 0. The zero-order chi connectivity index (χ0) is 26.3. The van der Waals surface area contributed by atoms with Crippen LogP contribution in [-0.2, 0) is 10.6 Å². The summed E-state index contributed by atoms with van der Waals surface area (Å²) in [6.45, 7) is 4.69. The Kier molecular flexibility index (Phi) is 7.49. The molecule has 1 aromatic heterocycles. The average molecular weight is 479 g/mol. The predicted octanol–water partition coefficient (Wildman–Crippen LogP) is -0.480. The van der Waals surface area contributed by atoms with Crippen LogP contribution < -0.4 is 10.9 Å². The third kappa shape index (κ3) is 5.30. The van der Waals surface area contributed by atoms with Gasteiger partial charge in [0.2, 0.25) is 0 Å². The number of hydrogen-bond acceptors (Lipinski definition) is 5. The number of hydrogen-bond donors (Lipinski definition) is 2. The molecule has 0 aliphatic carbocycles. The number of carbonyl (C=O) groups excluding carboxylic acids is 1. The van der Waals surface area contributed by atoms with Crippen molar-refractivity contribution in [3.63, 3.8) is 0 Å². The van der Waals surface area contributed by atoms with Gasteiger partial charge in [-0.2, -0.15) is 5.10 Å². The van der Waals surface area contributed by atoms with Gasteiger partial charge in [-0.05, 0) is 50.2 Å². The summed E-state index contributed by atoms with van der Waals surface area (Å²) in [6, 6.07) is 8.42. The number of fused-ring (bicyclic) bond motifs is 1. The number of aliphatic hydroxyl groups is 1. The maximum absolute atomic E-state index is 12.9. The Bertz CT molecular complexity index is 1190. The monoisotopic (exact) mass is 479 g/mol. The molecule has 3 heterocycles. The Labute approximate surface area is 217 Å². The molecule has 2 N–H and O–H groups in total. The van der Waals surface area contributed by atoms with Crippen LogP contribution in [0.1, 0.15) is 41.3 Å². The molecule has 0 spiro atoms. The van der Waals surface area contributed by atoms with Gasteiger partial charge in [0.15, 0.2) is 0 Å². The lowest BCUT2D eigenvalue weighted by molar-refractivity contribution is 0.0844. The van der Waals surface area contributed by atoms with Crippen molar-refractivity contribution in [3.8, 4) is 0 Å². The van der Waals surface area contributed by atoms with Crippen LogP contribution in [0.25, 0.3) is 0 Å². The highest BCUT2D eigenvalue weighted by Crippen LogP contribution is 2.37. The van der Waals surface area contributed by atoms with Crippen molar-refractivity contribution in [1.29, 1.82) is 0 Å². The zero-order valence-corrected chi connectivity index (χ0v) is 20.9. The number of likely N-dealkylation sites (tertiary alicyclic amines) is 1. The highest BCUT2D eigenvalue weighted by Gasteiger charge is 2.41. The van der Waals surface area contributed by atoms with E-state index >= 15 is 0 Å². The molecule has 2 atom stereocenters. The minimum atomic E-state index is -1.38. The van der Waals surface area contributed by atoms with Crippen LogP contribution >= 0.6 is 0 Å². The average Bonchev–Trinajstić information content (AvgIpc) is 2.83. The SMILES string of the molecule is [B]C1([B])CN(CC(O)CNC(=O)N2CCCC(n3nc(C)cc(C)c3=O)C2)C([B])([B])c2ccccc21. The number of nitrogens with zero attached hydrogens (tertiary/aromatic N) is 4. The molecule has 8 radical (unpaired) electrons. The molecule has 36 heavy (non-hydrogen) atoms. The molecule has 12 heteroatoms. The first-order valence-electron chi connectivity index (χ1n) is 12.2. The molecule has 1 saturated heterocycles. The van der Waals surface area contributed by atoms with E-state index < -0.39 is 16.7 Å². The fraction of sp³-hybridized carbons (Fsp3) is 0.542. The van der Waals surface area contributed by atoms with E-state index in [1.54, 1.807) is 41.0 Å². The molecule has 180 valence electrons. The number of benzene rings is 1. The van der Waals surface area contributed by atoms with E-state index in [2.05, 4.69) is 10.4 Å². The standard InChI is InChI=1S/C24H29B4N5O3/c1-15-10-16(2)30-33(21(15)35)17-6-5-9-31(12-17)22(36)29-11-18(34)13-32-14-23(25,26)19-7-3-4-8-20(19)24(32,27)28/h3-4,7-8,10,17-18,34H,5-6,9,11-14H2,1-2H3,(H,29,36). The summed E-state index contributed by atoms with van der Waals surface area (Å²) in [5.41, 5.74) is 2.49. The smallest absolute Gasteiger partial charge is 0.317 e. The minimum Gasteiger partial charge on any atom is -0.390 e. The fourth-order valence-electron chi connectivity index (χ4n) is 5.18. The van der Waals surface area contributed by atoms with Gasteiger partial charge in [0, 0.05) is 31.7 Å². The number of aliphatic hydroxyl groups excluding tert-OH is 1. The molecule has 4 rings (SSSR count). The van der Waals surface area contributed by atoms with E-state index in [-0.39, 0.29) is 37.3 Å². The summed E-state index contributed by atoms with van der Waals surface area (Å²) in [4.78, 5) is 28.7. The van der Waals surface area contributed by atoms with Crippen LogP contribution in [0.3, 0.4) is 0 Å². The molecule has 2 aliphatic rings. The highest BCUT2D eigenvalue weighted by molar-refractivity contribution is 6.43. The maximum atomic E-state index is 12.9. The van der Waals surface area contributed by atoms with Crippen molar-refractivity contribution < 1.29 is 9.90 Å². The first kappa shape index (κ1) is 26.6. The molecule has 2 aliphatic heterocycles. The molecular weight excluding hydrogens is 450 g/mol. The van der Waals surface area contributed by atoms with Gasteiger partial charge in [-0.25, -0.2) is 9.48 Å². The second-order valence-corrected chi connectivity index (χ2v) is 10.1. The molecule has 0 bridgehead atoms. The maximum Gasteiger partial charge on any atom is 0.317 e. The topological polar surface area (TPSA) is 90.7 Å². The van der Waals surface area contributed by atoms with Crippen LogP contribution in [0.4, 0.5) is 4.79 Å². The summed E-state index contributed by atoms with van der Waals surface area (Å²) in [5, 5.41) is 15.3. The fourth-order valence-corrected chi connectivity index (χ4v) is 5.18. The third-order valence-corrected chi connectivity index (χ3v) is 7.02. The van der Waals surface area contributed by atoms with Gasteiger partial charge in [0.25, 0.3) is 5.56 Å². The van der Waals surface area contributed by atoms with E-state index in [1.165, 1.54) is 4.68 Å². The number of nitrogens with one attached hydrogen (secondary N) is 1. The van der Waals surface area contributed by atoms with E-state index in [0.29, 0.717) is 29.8 Å². The van der Waals surface area contributed by atoms with Gasteiger partial charge in [-0.15, -0.1) is 0 Å². The number of aryl methyl sites for hydroxylation is 2. The van der Waals surface area contributed by atoms with Gasteiger partial charge in [-0.3, -0.25) is 4.79 Å². The summed E-state index contributed by atoms with van der Waals surface area (Å²) < 4.78 is 1.49. The summed E-state index contributed by atoms with van der Waals surface area (Å²) in [5.74, 6) is 0. The second kappa shape index (κ2) is 10.1. The molecule has 1 aromatic carbocycles. The van der Waals surface area contributed by atoms with Crippen molar-refractivity contribution in [2.75, 3.05) is 32.7 Å². The van der Waals surface area contributed by atoms with Crippen molar-refractivity contribution in [1.82, 2.24) is 24.9 Å². The van der Waals surface area contributed by atoms with E-state index in [0.717, 1.165) is 18.5 Å². The van der Waals surface area contributed by atoms with Gasteiger partial charge in [0.1, 0.15) is 0 Å². The van der Waals surface area contributed by atoms with Crippen LogP contribution in [0.2, 0.25) is 0 Å². The highest BCUT2D eigenvalue weighted by atomic mass is 16.3. The van der Waals surface area contributed by atoms with Gasteiger partial charge in [-0.1, -0.05) is 35.0 Å². The summed E-state index contributed by atoms with van der Waals surface area (Å²) in [6.07, 6.45) is 0.534. The Morgan fingerprint density at radius 2 is 1.92 bits per heavy atom. The molecule has 2 aromatic rings. The van der Waals surface area contributed by atoms with Crippen molar-refractivity contribution in [3.05, 3.63) is 63.1 Å². The molecule has 1 fully saturated rings.